The highest BCUT2D eigenvalue weighted by Crippen LogP contribution is 2.05. The van der Waals surface area contributed by atoms with Crippen LogP contribution in [0.1, 0.15) is 25.6 Å². The summed E-state index contributed by atoms with van der Waals surface area (Å²) < 4.78 is 0. The molecule has 0 radical (unpaired) electrons. The van der Waals surface area contributed by atoms with E-state index < -0.39 is 0 Å². The van der Waals surface area contributed by atoms with Gasteiger partial charge in [0.15, 0.2) is 0 Å². The predicted molar refractivity (Wildman–Crippen MR) is 62.1 cm³/mol. The topological polar surface area (TPSA) is 54.0 Å². The zero-order chi connectivity index (χ0) is 11.3. The number of nitrogens with zero attached hydrogens (tertiary/aromatic N) is 1. The molecule has 4 nitrogen and oxygen atoms in total. The van der Waals surface area contributed by atoms with Gasteiger partial charge in [-0.25, -0.2) is 4.79 Å². The van der Waals surface area contributed by atoms with Crippen LogP contribution < -0.4 is 10.6 Å². The summed E-state index contributed by atoms with van der Waals surface area (Å²) in [5, 5.41) is 5.64. The Labute approximate surface area is 94.1 Å². The highest BCUT2D eigenvalue weighted by atomic mass is 32.1. The Morgan fingerprint density at radius 2 is 2.27 bits per heavy atom. The first-order chi connectivity index (χ1) is 6.97. The average Bonchev–Trinajstić information content (AvgIpc) is 2.53. The smallest absolute Gasteiger partial charge is 0.315 e. The van der Waals surface area contributed by atoms with Gasteiger partial charge < -0.3 is 10.6 Å². The van der Waals surface area contributed by atoms with Gasteiger partial charge in [-0.2, -0.15) is 0 Å². The number of rotatable bonds is 3. The highest BCUT2D eigenvalue weighted by molar-refractivity contribution is 7.09. The van der Waals surface area contributed by atoms with E-state index in [9.17, 15) is 4.79 Å². The van der Waals surface area contributed by atoms with Crippen LogP contribution in [0.3, 0.4) is 0 Å². The number of carbonyl (C=O) groups excluding carboxylic acids is 1. The van der Waals surface area contributed by atoms with Crippen molar-refractivity contribution in [2.24, 2.45) is 0 Å². The largest absolute Gasteiger partial charge is 0.338 e. The number of carbonyl (C=O) groups is 1. The van der Waals surface area contributed by atoms with Crippen molar-refractivity contribution in [3.8, 4) is 0 Å². The fourth-order valence-corrected chi connectivity index (χ4v) is 1.65. The second kappa shape index (κ2) is 5.11. The monoisotopic (exact) mass is 227 g/mol. The molecule has 2 N–H and O–H groups in total. The van der Waals surface area contributed by atoms with E-state index in [-0.39, 0.29) is 11.6 Å². The average molecular weight is 227 g/mol. The van der Waals surface area contributed by atoms with Crippen molar-refractivity contribution in [2.75, 3.05) is 6.54 Å². The number of aromatic nitrogens is 1. The molecule has 0 atom stereocenters. The summed E-state index contributed by atoms with van der Waals surface area (Å²) in [7, 11) is 0. The van der Waals surface area contributed by atoms with Crippen molar-refractivity contribution in [1.29, 1.82) is 0 Å². The molecule has 0 aliphatic heterocycles. The normalized spacial score (nSPS) is 11.1. The van der Waals surface area contributed by atoms with E-state index >= 15 is 0 Å². The van der Waals surface area contributed by atoms with E-state index in [1.807, 2.05) is 27.0 Å². The van der Waals surface area contributed by atoms with Gasteiger partial charge in [0, 0.05) is 29.6 Å². The number of nitrogens with one attached hydrogen (secondary N) is 2. The molecule has 2 amide bonds. The minimum Gasteiger partial charge on any atom is -0.338 e. The molecule has 0 aliphatic rings. The van der Waals surface area contributed by atoms with Crippen molar-refractivity contribution in [2.45, 2.75) is 32.7 Å². The van der Waals surface area contributed by atoms with Gasteiger partial charge in [-0.05, 0) is 20.8 Å². The molecule has 0 bridgehead atoms. The first-order valence-corrected chi connectivity index (χ1v) is 5.79. The highest BCUT2D eigenvalue weighted by Gasteiger charge is 2.12. The van der Waals surface area contributed by atoms with Crippen LogP contribution in [0.2, 0.25) is 0 Å². The van der Waals surface area contributed by atoms with Gasteiger partial charge in [0.2, 0.25) is 0 Å². The molecule has 15 heavy (non-hydrogen) atoms. The van der Waals surface area contributed by atoms with Gasteiger partial charge in [0.25, 0.3) is 0 Å². The van der Waals surface area contributed by atoms with Gasteiger partial charge in [-0.15, -0.1) is 11.3 Å². The Balaban J connectivity index is 2.18. The Morgan fingerprint density at radius 3 is 2.80 bits per heavy atom. The molecule has 0 spiro atoms. The second-order valence-corrected chi connectivity index (χ2v) is 5.32. The lowest BCUT2D eigenvalue weighted by atomic mass is 10.1. The number of thiazole rings is 1. The fourth-order valence-electron chi connectivity index (χ4n) is 1.05. The van der Waals surface area contributed by atoms with Crippen molar-refractivity contribution in [3.05, 3.63) is 16.6 Å². The minimum atomic E-state index is -0.186. The zero-order valence-corrected chi connectivity index (χ0v) is 10.1. The quantitative estimate of drug-likeness (QED) is 0.827. The third-order valence-corrected chi connectivity index (χ3v) is 2.47. The summed E-state index contributed by atoms with van der Waals surface area (Å²) >= 11 is 1.60. The Hall–Kier alpha value is -1.10. The molecular weight excluding hydrogens is 210 g/mol. The predicted octanol–water partition coefficient (Wildman–Crippen LogP) is 1.78. The zero-order valence-electron chi connectivity index (χ0n) is 9.33. The van der Waals surface area contributed by atoms with E-state index in [0.29, 0.717) is 6.54 Å². The van der Waals surface area contributed by atoms with E-state index in [0.717, 1.165) is 6.42 Å². The Bertz CT molecular complexity index is 303. The number of hydrogen-bond donors (Lipinski definition) is 2. The molecule has 0 saturated heterocycles. The van der Waals surface area contributed by atoms with Gasteiger partial charge >= 0.3 is 6.03 Å². The lowest BCUT2D eigenvalue weighted by molar-refractivity contribution is 0.232. The molecule has 1 rings (SSSR count). The molecule has 5 heteroatoms. The van der Waals surface area contributed by atoms with Crippen molar-refractivity contribution in [1.82, 2.24) is 15.6 Å². The third kappa shape index (κ3) is 5.37. The fraction of sp³-hybridized carbons (Fsp3) is 0.600. The summed E-state index contributed by atoms with van der Waals surface area (Å²) in [6.45, 7) is 6.51. The summed E-state index contributed by atoms with van der Waals surface area (Å²) in [4.78, 5) is 16.5. The molecule has 0 saturated carbocycles. The SMILES string of the molecule is CC(C)(C)NC(=O)NCCc1cncs1. The maximum atomic E-state index is 11.4. The number of amides is 2. The summed E-state index contributed by atoms with van der Waals surface area (Å²) in [6.07, 6.45) is 2.66. The molecular formula is C10H17N3OS. The van der Waals surface area contributed by atoms with Gasteiger partial charge in [-0.3, -0.25) is 4.98 Å². The second-order valence-electron chi connectivity index (χ2n) is 4.35. The molecule has 1 heterocycles. The van der Waals surface area contributed by atoms with Gasteiger partial charge in [-0.1, -0.05) is 0 Å². The standard InChI is InChI=1S/C10H17N3OS/c1-10(2,3)13-9(14)12-5-4-8-6-11-7-15-8/h6-7H,4-5H2,1-3H3,(H2,12,13,14). The van der Waals surface area contributed by atoms with Crippen LogP contribution in [-0.2, 0) is 6.42 Å². The van der Waals surface area contributed by atoms with E-state index in [2.05, 4.69) is 15.6 Å². The maximum absolute atomic E-state index is 11.4. The first-order valence-electron chi connectivity index (χ1n) is 4.91. The summed E-state index contributed by atoms with van der Waals surface area (Å²) in [6, 6.07) is -0.119. The lowest BCUT2D eigenvalue weighted by Gasteiger charge is -2.20. The van der Waals surface area contributed by atoms with Crippen molar-refractivity contribution < 1.29 is 4.79 Å². The van der Waals surface area contributed by atoms with Crippen LogP contribution in [0, 0.1) is 0 Å². The Kier molecular flexibility index (Phi) is 4.08. The minimum absolute atomic E-state index is 0.119. The summed E-state index contributed by atoms with van der Waals surface area (Å²) in [5.41, 5.74) is 1.61. The van der Waals surface area contributed by atoms with Gasteiger partial charge in [0.1, 0.15) is 0 Å². The lowest BCUT2D eigenvalue weighted by Crippen LogP contribution is -2.46. The first kappa shape index (κ1) is 12.0. The van der Waals surface area contributed by atoms with Crippen LogP contribution in [0.5, 0.6) is 0 Å². The van der Waals surface area contributed by atoms with E-state index in [4.69, 9.17) is 0 Å². The number of hydrogen-bond acceptors (Lipinski definition) is 3. The van der Waals surface area contributed by atoms with Gasteiger partial charge in [0.05, 0.1) is 5.51 Å². The molecule has 0 aliphatic carbocycles. The molecule has 0 unspecified atom stereocenters. The van der Waals surface area contributed by atoms with Crippen LogP contribution in [0.25, 0.3) is 0 Å². The molecule has 1 aromatic rings. The van der Waals surface area contributed by atoms with Crippen LogP contribution in [-0.4, -0.2) is 23.1 Å². The number of urea groups is 1. The van der Waals surface area contributed by atoms with Crippen molar-refractivity contribution >= 4 is 17.4 Å². The summed E-state index contributed by atoms with van der Waals surface area (Å²) in [5.74, 6) is 0. The van der Waals surface area contributed by atoms with E-state index in [1.165, 1.54) is 4.88 Å². The van der Waals surface area contributed by atoms with Crippen molar-refractivity contribution in [3.63, 3.8) is 0 Å². The van der Waals surface area contributed by atoms with Crippen LogP contribution >= 0.6 is 11.3 Å². The maximum Gasteiger partial charge on any atom is 0.315 e. The molecule has 84 valence electrons. The van der Waals surface area contributed by atoms with Crippen LogP contribution in [0.4, 0.5) is 4.79 Å². The van der Waals surface area contributed by atoms with E-state index in [1.54, 1.807) is 16.8 Å². The molecule has 0 fully saturated rings. The molecule has 1 aromatic heterocycles. The third-order valence-electron chi connectivity index (χ3n) is 1.63. The molecule has 0 aromatic carbocycles. The Morgan fingerprint density at radius 1 is 1.53 bits per heavy atom. The van der Waals surface area contributed by atoms with Crippen LogP contribution in [0.15, 0.2) is 11.7 Å².